The maximum Gasteiger partial charge on any atom is 0.331 e. The van der Waals surface area contributed by atoms with E-state index in [1.807, 2.05) is 0 Å². The molecule has 0 spiro atoms. The first-order valence-corrected chi connectivity index (χ1v) is 7.77. The van der Waals surface area contributed by atoms with Gasteiger partial charge in [0.05, 0.1) is 13.7 Å². The summed E-state index contributed by atoms with van der Waals surface area (Å²) in [4.78, 5) is 34.4. The normalized spacial score (nSPS) is 19.7. The molecule has 1 aliphatic rings. The van der Waals surface area contributed by atoms with Gasteiger partial charge in [-0.2, -0.15) is 0 Å². The molecule has 1 N–H and O–H groups in total. The zero-order valence-electron chi connectivity index (χ0n) is 13.8. The number of nitrogens with one attached hydrogen (secondary N) is 1. The minimum atomic E-state index is -0.667. The lowest BCUT2D eigenvalue weighted by molar-refractivity contribution is -0.147. The van der Waals surface area contributed by atoms with Crippen molar-refractivity contribution in [3.8, 4) is 0 Å². The molecule has 1 aromatic rings. The zero-order chi connectivity index (χ0) is 18.1. The van der Waals surface area contributed by atoms with E-state index in [2.05, 4.69) is 20.3 Å². The van der Waals surface area contributed by atoms with Crippen molar-refractivity contribution in [2.75, 3.05) is 20.3 Å². The van der Waals surface area contributed by atoms with Gasteiger partial charge in [-0.25, -0.2) is 9.59 Å². The van der Waals surface area contributed by atoms with Crippen molar-refractivity contribution in [3.63, 3.8) is 0 Å². The van der Waals surface area contributed by atoms with Crippen molar-refractivity contribution < 1.29 is 28.6 Å². The quantitative estimate of drug-likeness (QED) is 0.278. The Morgan fingerprint density at radius 1 is 1.24 bits per heavy atom. The third-order valence-electron chi connectivity index (χ3n) is 3.49. The van der Waals surface area contributed by atoms with Crippen LogP contribution in [0.15, 0.2) is 24.8 Å². The number of methoxy groups -OCH3 is 1. The summed E-state index contributed by atoms with van der Waals surface area (Å²) in [7, 11) is 1.21. The number of carbonyl (C=O) groups excluding carboxylic acids is 3. The molecule has 0 bridgehead atoms. The maximum absolute atomic E-state index is 12.0. The van der Waals surface area contributed by atoms with Crippen LogP contribution < -0.4 is 5.32 Å². The molecule has 0 radical (unpaired) electrons. The van der Waals surface area contributed by atoms with E-state index in [0.29, 0.717) is 25.9 Å². The summed E-state index contributed by atoms with van der Waals surface area (Å²) in [6.45, 7) is 1.28. The second kappa shape index (κ2) is 9.52. The van der Waals surface area contributed by atoms with E-state index in [-0.39, 0.29) is 12.6 Å². The average Bonchev–Trinajstić information content (AvgIpc) is 3.28. The van der Waals surface area contributed by atoms with Gasteiger partial charge in [-0.05, 0) is 6.42 Å². The SMILES string of the molecule is COC(=O)/C=C/C(=O)O[C@H]1CN[C@H](C(=O)OCCCn2cnnc2)C1. The predicted octanol–water partition coefficient (Wildman–Crippen LogP) is -0.786. The Labute approximate surface area is 144 Å². The Balaban J connectivity index is 1.63. The van der Waals surface area contributed by atoms with Crippen LogP contribution in [0.3, 0.4) is 0 Å². The molecule has 1 aliphatic heterocycles. The average molecular weight is 352 g/mol. The first-order chi connectivity index (χ1) is 12.1. The second-order valence-electron chi connectivity index (χ2n) is 5.33. The summed E-state index contributed by atoms with van der Waals surface area (Å²) < 4.78 is 16.5. The Morgan fingerprint density at radius 2 is 1.96 bits per heavy atom. The highest BCUT2D eigenvalue weighted by atomic mass is 16.5. The van der Waals surface area contributed by atoms with E-state index in [0.717, 1.165) is 12.2 Å². The van der Waals surface area contributed by atoms with Crippen LogP contribution in [-0.2, 0) is 35.1 Å². The molecule has 1 saturated heterocycles. The molecule has 0 aliphatic carbocycles. The fourth-order valence-electron chi connectivity index (χ4n) is 2.24. The number of aromatic nitrogens is 3. The third-order valence-corrected chi connectivity index (χ3v) is 3.49. The van der Waals surface area contributed by atoms with E-state index in [1.165, 1.54) is 7.11 Å². The van der Waals surface area contributed by atoms with Crippen molar-refractivity contribution in [3.05, 3.63) is 24.8 Å². The van der Waals surface area contributed by atoms with Crippen molar-refractivity contribution in [2.24, 2.45) is 0 Å². The summed E-state index contributed by atoms with van der Waals surface area (Å²) in [5.74, 6) is -1.69. The molecule has 136 valence electrons. The smallest absolute Gasteiger partial charge is 0.331 e. The van der Waals surface area contributed by atoms with Crippen LogP contribution in [0.2, 0.25) is 0 Å². The molecule has 0 saturated carbocycles. The first kappa shape index (κ1) is 18.6. The van der Waals surface area contributed by atoms with Gasteiger partial charge in [0.15, 0.2) is 0 Å². The lowest BCUT2D eigenvalue weighted by Crippen LogP contribution is -2.32. The lowest BCUT2D eigenvalue weighted by Gasteiger charge is -2.11. The molecule has 2 atom stereocenters. The van der Waals surface area contributed by atoms with Crippen LogP contribution in [0.25, 0.3) is 0 Å². The van der Waals surface area contributed by atoms with Crippen LogP contribution >= 0.6 is 0 Å². The number of hydrogen-bond acceptors (Lipinski definition) is 9. The van der Waals surface area contributed by atoms with Gasteiger partial charge in [0.25, 0.3) is 0 Å². The molecule has 2 heterocycles. The Morgan fingerprint density at radius 3 is 2.68 bits per heavy atom. The fraction of sp³-hybridized carbons (Fsp3) is 0.533. The number of nitrogens with zero attached hydrogens (tertiary/aromatic N) is 3. The summed E-state index contributed by atoms with van der Waals surface area (Å²) >= 11 is 0. The predicted molar refractivity (Wildman–Crippen MR) is 83.0 cm³/mol. The molecule has 1 fully saturated rings. The van der Waals surface area contributed by atoms with Gasteiger partial charge in [0, 0.05) is 31.7 Å². The van der Waals surface area contributed by atoms with Gasteiger partial charge in [-0.3, -0.25) is 4.79 Å². The molecular weight excluding hydrogens is 332 g/mol. The van der Waals surface area contributed by atoms with Crippen molar-refractivity contribution in [1.82, 2.24) is 20.1 Å². The highest BCUT2D eigenvalue weighted by molar-refractivity contribution is 5.91. The lowest BCUT2D eigenvalue weighted by atomic mass is 10.2. The Kier molecular flexibility index (Phi) is 7.08. The topological polar surface area (TPSA) is 122 Å². The molecule has 10 nitrogen and oxygen atoms in total. The zero-order valence-corrected chi connectivity index (χ0v) is 13.8. The minimum Gasteiger partial charge on any atom is -0.466 e. The molecule has 0 aromatic carbocycles. The maximum atomic E-state index is 12.0. The fourth-order valence-corrected chi connectivity index (χ4v) is 2.24. The first-order valence-electron chi connectivity index (χ1n) is 7.77. The third kappa shape index (κ3) is 6.34. The number of aryl methyl sites for hydroxylation is 1. The van der Waals surface area contributed by atoms with Gasteiger partial charge in [-0.15, -0.1) is 10.2 Å². The van der Waals surface area contributed by atoms with Crippen LogP contribution in [-0.4, -0.2) is 65.1 Å². The van der Waals surface area contributed by atoms with Gasteiger partial charge in [0.2, 0.25) is 0 Å². The van der Waals surface area contributed by atoms with E-state index in [4.69, 9.17) is 9.47 Å². The highest BCUT2D eigenvalue weighted by Crippen LogP contribution is 2.12. The van der Waals surface area contributed by atoms with Crippen LogP contribution in [0.5, 0.6) is 0 Å². The summed E-state index contributed by atoms with van der Waals surface area (Å²) in [5, 5.41) is 10.3. The molecule has 0 unspecified atom stereocenters. The minimum absolute atomic E-state index is 0.279. The van der Waals surface area contributed by atoms with Crippen molar-refractivity contribution >= 4 is 17.9 Å². The van der Waals surface area contributed by atoms with Crippen LogP contribution in [0.1, 0.15) is 12.8 Å². The summed E-state index contributed by atoms with van der Waals surface area (Å²) in [6.07, 6.45) is 5.66. The molecule has 25 heavy (non-hydrogen) atoms. The molecule has 10 heteroatoms. The molecule has 0 amide bonds. The summed E-state index contributed by atoms with van der Waals surface area (Å²) in [5.41, 5.74) is 0. The number of carbonyl (C=O) groups is 3. The van der Waals surface area contributed by atoms with Crippen molar-refractivity contribution in [2.45, 2.75) is 31.5 Å². The van der Waals surface area contributed by atoms with Crippen LogP contribution in [0, 0.1) is 0 Å². The second-order valence-corrected chi connectivity index (χ2v) is 5.33. The van der Waals surface area contributed by atoms with E-state index >= 15 is 0 Å². The van der Waals surface area contributed by atoms with E-state index in [9.17, 15) is 14.4 Å². The molecular formula is C15H20N4O6. The van der Waals surface area contributed by atoms with E-state index < -0.39 is 24.1 Å². The highest BCUT2D eigenvalue weighted by Gasteiger charge is 2.32. The van der Waals surface area contributed by atoms with Gasteiger partial charge in [0.1, 0.15) is 24.8 Å². The molecule has 1 aromatic heterocycles. The number of esters is 3. The van der Waals surface area contributed by atoms with E-state index in [1.54, 1.807) is 17.2 Å². The standard InChI is InChI=1S/C15H20N4O6/c1-23-13(20)3-4-14(21)25-11-7-12(16-8-11)15(22)24-6-2-5-19-9-17-18-10-19/h3-4,9-12,16H,2,5-8H2,1H3/b4-3+/t11-,12+/m1/s1. The number of hydrogen-bond donors (Lipinski definition) is 1. The van der Waals surface area contributed by atoms with Gasteiger partial charge < -0.3 is 24.1 Å². The van der Waals surface area contributed by atoms with Crippen molar-refractivity contribution in [1.29, 1.82) is 0 Å². The van der Waals surface area contributed by atoms with Gasteiger partial charge in [-0.1, -0.05) is 0 Å². The largest absolute Gasteiger partial charge is 0.466 e. The molecule has 2 rings (SSSR count). The summed E-state index contributed by atoms with van der Waals surface area (Å²) in [6, 6.07) is -0.516. The Bertz CT molecular complexity index is 616. The Hall–Kier alpha value is -2.75. The number of rotatable bonds is 8. The monoisotopic (exact) mass is 352 g/mol. The van der Waals surface area contributed by atoms with Crippen LogP contribution in [0.4, 0.5) is 0 Å². The number of ether oxygens (including phenoxy) is 3. The van der Waals surface area contributed by atoms with Gasteiger partial charge >= 0.3 is 17.9 Å².